The van der Waals surface area contributed by atoms with Crippen LogP contribution in [-0.2, 0) is 6.54 Å². The zero-order chi connectivity index (χ0) is 14.8. The maximum Gasteiger partial charge on any atom is 0.0360 e. The Labute approximate surface area is 124 Å². The summed E-state index contributed by atoms with van der Waals surface area (Å²) in [7, 11) is 2.26. The fourth-order valence-corrected chi connectivity index (χ4v) is 3.88. The van der Waals surface area contributed by atoms with Crippen molar-refractivity contribution in [3.8, 4) is 0 Å². The average Bonchev–Trinajstić information content (AvgIpc) is 2.44. The highest BCUT2D eigenvalue weighted by Crippen LogP contribution is 2.40. The minimum Gasteiger partial charge on any atom is -0.329 e. The van der Waals surface area contributed by atoms with E-state index < -0.39 is 0 Å². The topological polar surface area (TPSA) is 29.3 Å². The van der Waals surface area contributed by atoms with Crippen LogP contribution in [-0.4, -0.2) is 24.0 Å². The summed E-state index contributed by atoms with van der Waals surface area (Å²) >= 11 is 0. The third-order valence-electron chi connectivity index (χ3n) is 5.49. The summed E-state index contributed by atoms with van der Waals surface area (Å²) in [5, 5.41) is 0. The van der Waals surface area contributed by atoms with Gasteiger partial charge in [-0.05, 0) is 49.8 Å². The van der Waals surface area contributed by atoms with Crippen LogP contribution in [0.5, 0.6) is 0 Å². The molecule has 0 radical (unpaired) electrons. The smallest absolute Gasteiger partial charge is 0.0360 e. The Bertz CT molecular complexity index is 443. The normalized spacial score (nSPS) is 30.7. The first-order chi connectivity index (χ1) is 9.49. The van der Waals surface area contributed by atoms with Gasteiger partial charge in [0.15, 0.2) is 0 Å². The summed E-state index contributed by atoms with van der Waals surface area (Å²) in [6.07, 6.45) is 3.88. The van der Waals surface area contributed by atoms with Gasteiger partial charge in [0.2, 0.25) is 0 Å². The molecule has 1 aromatic rings. The molecule has 20 heavy (non-hydrogen) atoms. The molecule has 1 fully saturated rings. The van der Waals surface area contributed by atoms with E-state index >= 15 is 0 Å². The van der Waals surface area contributed by atoms with Gasteiger partial charge in [0.1, 0.15) is 0 Å². The lowest BCUT2D eigenvalue weighted by atomic mass is 9.68. The summed E-state index contributed by atoms with van der Waals surface area (Å²) in [6, 6.07) is 8.69. The van der Waals surface area contributed by atoms with Gasteiger partial charge in [0.25, 0.3) is 0 Å². The second-order valence-electron chi connectivity index (χ2n) is 6.88. The number of likely N-dealkylation sites (N-methyl/N-ethyl adjacent to an activating group) is 1. The molecule has 2 heteroatoms. The molecule has 0 aliphatic heterocycles. The first-order valence-corrected chi connectivity index (χ1v) is 7.95. The van der Waals surface area contributed by atoms with Crippen LogP contribution < -0.4 is 5.73 Å². The molecule has 0 bridgehead atoms. The van der Waals surface area contributed by atoms with E-state index in [1.807, 2.05) is 0 Å². The minimum atomic E-state index is 0.167. The van der Waals surface area contributed by atoms with Gasteiger partial charge in [0.05, 0.1) is 0 Å². The molecule has 0 heterocycles. The van der Waals surface area contributed by atoms with Gasteiger partial charge < -0.3 is 5.73 Å². The minimum absolute atomic E-state index is 0.167. The number of benzene rings is 1. The molecule has 0 amide bonds. The van der Waals surface area contributed by atoms with Crippen molar-refractivity contribution in [3.63, 3.8) is 0 Å². The van der Waals surface area contributed by atoms with Gasteiger partial charge in [0, 0.05) is 18.6 Å². The number of hydrogen-bond donors (Lipinski definition) is 1. The number of nitrogens with two attached hydrogens (primary N) is 1. The molecule has 1 aromatic carbocycles. The summed E-state index contributed by atoms with van der Waals surface area (Å²) in [4.78, 5) is 2.52. The number of rotatable bonds is 4. The predicted molar refractivity (Wildman–Crippen MR) is 86.6 cm³/mol. The third kappa shape index (κ3) is 2.91. The lowest BCUT2D eigenvalue weighted by molar-refractivity contribution is 0.00894. The highest BCUT2D eigenvalue weighted by atomic mass is 15.2. The second kappa shape index (κ2) is 6.28. The van der Waals surface area contributed by atoms with E-state index in [1.165, 1.54) is 30.4 Å². The number of hydrogen-bond acceptors (Lipinski definition) is 2. The van der Waals surface area contributed by atoms with E-state index in [1.54, 1.807) is 0 Å². The van der Waals surface area contributed by atoms with Crippen molar-refractivity contribution < 1.29 is 0 Å². The first-order valence-electron chi connectivity index (χ1n) is 7.95. The van der Waals surface area contributed by atoms with Crippen LogP contribution in [0.25, 0.3) is 0 Å². The molecule has 3 atom stereocenters. The van der Waals surface area contributed by atoms with E-state index in [4.69, 9.17) is 5.73 Å². The number of nitrogens with zero attached hydrogens (tertiary/aromatic N) is 1. The Balaban J connectivity index is 2.20. The fraction of sp³-hybridized carbons (Fsp3) is 0.667. The Hall–Kier alpha value is -0.860. The van der Waals surface area contributed by atoms with Crippen molar-refractivity contribution in [2.24, 2.45) is 17.6 Å². The van der Waals surface area contributed by atoms with Gasteiger partial charge >= 0.3 is 0 Å². The van der Waals surface area contributed by atoms with Crippen molar-refractivity contribution >= 4 is 0 Å². The van der Waals surface area contributed by atoms with Gasteiger partial charge in [-0.25, -0.2) is 0 Å². The SMILES string of the molecule is Cc1ccccc1CN(C)C1(CN)CC(C)CCC1C. The van der Waals surface area contributed by atoms with Crippen molar-refractivity contribution in [1.82, 2.24) is 4.90 Å². The molecule has 3 unspecified atom stereocenters. The van der Waals surface area contributed by atoms with Gasteiger partial charge in [-0.1, -0.05) is 44.5 Å². The van der Waals surface area contributed by atoms with Crippen molar-refractivity contribution in [1.29, 1.82) is 0 Å². The highest BCUT2D eigenvalue weighted by Gasteiger charge is 2.42. The first kappa shape index (κ1) is 15.5. The summed E-state index contributed by atoms with van der Waals surface area (Å²) in [5.41, 5.74) is 9.21. The molecule has 1 aliphatic rings. The molecule has 1 aliphatic carbocycles. The Morgan fingerprint density at radius 2 is 1.95 bits per heavy atom. The van der Waals surface area contributed by atoms with E-state index in [2.05, 4.69) is 57.0 Å². The van der Waals surface area contributed by atoms with Gasteiger partial charge in [-0.2, -0.15) is 0 Å². The lowest BCUT2D eigenvalue weighted by Gasteiger charge is -2.50. The fourth-order valence-electron chi connectivity index (χ4n) is 3.88. The molecule has 2 nitrogen and oxygen atoms in total. The van der Waals surface area contributed by atoms with Crippen LogP contribution in [0.3, 0.4) is 0 Å². The molecular formula is C18H30N2. The standard InChI is InChI=1S/C18H30N2/c1-14-9-10-16(3)18(11-14,13-19)20(4)12-17-8-6-5-7-15(17)2/h5-8,14,16H,9-13,19H2,1-4H3. The molecule has 2 rings (SSSR count). The van der Waals surface area contributed by atoms with E-state index in [0.717, 1.165) is 19.0 Å². The quantitative estimate of drug-likeness (QED) is 0.909. The molecule has 0 spiro atoms. The predicted octanol–water partition coefficient (Wildman–Crippen LogP) is 3.58. The molecular weight excluding hydrogens is 244 g/mol. The highest BCUT2D eigenvalue weighted by molar-refractivity contribution is 5.25. The molecule has 2 N–H and O–H groups in total. The lowest BCUT2D eigenvalue weighted by Crippen LogP contribution is -2.58. The largest absolute Gasteiger partial charge is 0.329 e. The van der Waals surface area contributed by atoms with Crippen molar-refractivity contribution in [2.45, 2.75) is 52.1 Å². The maximum absolute atomic E-state index is 6.24. The van der Waals surface area contributed by atoms with Crippen LogP contribution in [0.4, 0.5) is 0 Å². The average molecular weight is 274 g/mol. The van der Waals surface area contributed by atoms with Crippen LogP contribution >= 0.6 is 0 Å². The monoisotopic (exact) mass is 274 g/mol. The van der Waals surface area contributed by atoms with Crippen LogP contribution in [0.15, 0.2) is 24.3 Å². The maximum atomic E-state index is 6.24. The van der Waals surface area contributed by atoms with Crippen molar-refractivity contribution in [2.75, 3.05) is 13.6 Å². The van der Waals surface area contributed by atoms with Crippen LogP contribution in [0.2, 0.25) is 0 Å². The summed E-state index contributed by atoms with van der Waals surface area (Å²) in [6.45, 7) is 8.72. The third-order valence-corrected chi connectivity index (χ3v) is 5.49. The second-order valence-corrected chi connectivity index (χ2v) is 6.88. The van der Waals surface area contributed by atoms with Gasteiger partial charge in [-0.15, -0.1) is 0 Å². The zero-order valence-electron chi connectivity index (χ0n) is 13.5. The van der Waals surface area contributed by atoms with E-state index in [9.17, 15) is 0 Å². The Kier molecular flexibility index (Phi) is 4.87. The summed E-state index contributed by atoms with van der Waals surface area (Å²) < 4.78 is 0. The molecule has 0 saturated heterocycles. The number of aryl methyl sites for hydroxylation is 1. The molecule has 1 saturated carbocycles. The van der Waals surface area contributed by atoms with Crippen LogP contribution in [0, 0.1) is 18.8 Å². The molecule has 0 aromatic heterocycles. The summed E-state index contributed by atoms with van der Waals surface area (Å²) in [5.74, 6) is 1.46. The van der Waals surface area contributed by atoms with Gasteiger partial charge in [-0.3, -0.25) is 4.90 Å². The Morgan fingerprint density at radius 1 is 1.25 bits per heavy atom. The van der Waals surface area contributed by atoms with Crippen LogP contribution in [0.1, 0.15) is 44.2 Å². The van der Waals surface area contributed by atoms with E-state index in [-0.39, 0.29) is 5.54 Å². The van der Waals surface area contributed by atoms with Crippen molar-refractivity contribution in [3.05, 3.63) is 35.4 Å². The Morgan fingerprint density at radius 3 is 2.60 bits per heavy atom. The molecule has 112 valence electrons. The zero-order valence-corrected chi connectivity index (χ0v) is 13.5. The van der Waals surface area contributed by atoms with E-state index in [0.29, 0.717) is 5.92 Å².